The summed E-state index contributed by atoms with van der Waals surface area (Å²) in [5.41, 5.74) is -2.05. The number of esters is 2. The first kappa shape index (κ1) is 25.7. The Morgan fingerprint density at radius 2 is 1.88 bits per heavy atom. The first-order valence-electron chi connectivity index (χ1n) is 9.25. The first-order valence-corrected chi connectivity index (χ1v) is 9.63. The molecule has 0 fully saturated rings. The first-order chi connectivity index (χ1) is 15.4. The summed E-state index contributed by atoms with van der Waals surface area (Å²) in [4.78, 5) is 34.2. The van der Waals surface area contributed by atoms with Gasteiger partial charge in [-0.25, -0.2) is 9.59 Å². The average Bonchev–Trinajstić information content (AvgIpc) is 2.71. The van der Waals surface area contributed by atoms with Crippen LogP contribution in [0, 0.1) is 10.1 Å². The lowest BCUT2D eigenvalue weighted by atomic mass is 10.1. The highest BCUT2D eigenvalue weighted by Gasteiger charge is 2.31. The minimum atomic E-state index is -4.60. The summed E-state index contributed by atoms with van der Waals surface area (Å²) >= 11 is 5.84. The number of carbonyl (C=O) groups excluding carboxylic acids is 2. The lowest BCUT2D eigenvalue weighted by Gasteiger charge is -2.12. The molecular weight excluding hydrogens is 471 g/mol. The van der Waals surface area contributed by atoms with Gasteiger partial charge in [0.2, 0.25) is 0 Å². The van der Waals surface area contributed by atoms with Crippen molar-refractivity contribution < 1.29 is 41.9 Å². The van der Waals surface area contributed by atoms with Gasteiger partial charge in [0, 0.05) is 18.2 Å². The molecule has 0 aliphatic rings. The summed E-state index contributed by atoms with van der Waals surface area (Å²) in [6.45, 7) is 2.93. The molecule has 0 saturated carbocycles. The maximum atomic E-state index is 12.8. The van der Waals surface area contributed by atoms with Gasteiger partial charge in [0.15, 0.2) is 0 Å². The smallest absolute Gasteiger partial charge is 0.416 e. The van der Waals surface area contributed by atoms with Crippen LogP contribution in [0.3, 0.4) is 0 Å². The van der Waals surface area contributed by atoms with E-state index in [9.17, 15) is 32.9 Å². The van der Waals surface area contributed by atoms with E-state index >= 15 is 0 Å². The number of nitro groups is 1. The van der Waals surface area contributed by atoms with Crippen LogP contribution < -0.4 is 4.74 Å². The summed E-state index contributed by atoms with van der Waals surface area (Å²) in [5.74, 6) is -2.02. The van der Waals surface area contributed by atoms with Crippen molar-refractivity contribution >= 4 is 29.2 Å². The van der Waals surface area contributed by atoms with Gasteiger partial charge in [0.25, 0.3) is 5.69 Å². The average molecular weight is 488 g/mol. The molecule has 2 rings (SSSR count). The predicted molar refractivity (Wildman–Crippen MR) is 110 cm³/mol. The molecule has 0 aliphatic heterocycles. The highest BCUT2D eigenvalue weighted by Crippen LogP contribution is 2.37. The molecule has 0 unspecified atom stereocenters. The quantitative estimate of drug-likeness (QED) is 0.203. The highest BCUT2D eigenvalue weighted by molar-refractivity contribution is 6.32. The van der Waals surface area contributed by atoms with Crippen LogP contribution >= 0.6 is 11.6 Å². The Labute approximate surface area is 190 Å². The molecule has 0 aliphatic carbocycles. The lowest BCUT2D eigenvalue weighted by Crippen LogP contribution is -2.10. The van der Waals surface area contributed by atoms with Crippen molar-refractivity contribution in [1.29, 1.82) is 0 Å². The zero-order valence-corrected chi connectivity index (χ0v) is 18.0. The van der Waals surface area contributed by atoms with Crippen molar-refractivity contribution in [2.24, 2.45) is 0 Å². The van der Waals surface area contributed by atoms with Crippen molar-refractivity contribution in [3.8, 4) is 11.5 Å². The number of halogens is 4. The van der Waals surface area contributed by atoms with Gasteiger partial charge in [-0.3, -0.25) is 10.1 Å². The van der Waals surface area contributed by atoms with E-state index in [1.54, 1.807) is 13.8 Å². The molecule has 176 valence electrons. The second-order valence-corrected chi connectivity index (χ2v) is 7.07. The third kappa shape index (κ3) is 7.49. The predicted octanol–water partition coefficient (Wildman–Crippen LogP) is 5.72. The van der Waals surface area contributed by atoms with E-state index in [0.29, 0.717) is 6.07 Å². The normalized spacial score (nSPS) is 11.5. The minimum absolute atomic E-state index is 0.106. The van der Waals surface area contributed by atoms with Crippen LogP contribution in [0.1, 0.15) is 29.8 Å². The molecule has 8 nitrogen and oxygen atoms in total. The second-order valence-electron chi connectivity index (χ2n) is 6.67. The molecule has 33 heavy (non-hydrogen) atoms. The van der Waals surface area contributed by atoms with Crippen molar-refractivity contribution in [2.45, 2.75) is 26.1 Å². The lowest BCUT2D eigenvalue weighted by molar-refractivity contribution is -0.385. The summed E-state index contributed by atoms with van der Waals surface area (Å²) in [7, 11) is 0. The van der Waals surface area contributed by atoms with Crippen molar-refractivity contribution in [1.82, 2.24) is 0 Å². The van der Waals surface area contributed by atoms with Crippen molar-refractivity contribution in [2.75, 3.05) is 6.61 Å². The molecule has 0 radical (unpaired) electrons. The summed E-state index contributed by atoms with van der Waals surface area (Å²) in [6, 6.07) is 5.49. The zero-order valence-electron chi connectivity index (χ0n) is 17.2. The largest absolute Gasteiger partial charge is 0.460 e. The maximum absolute atomic E-state index is 12.8. The number of nitro benzene ring substituents is 1. The number of nitrogens with zero attached hydrogens (tertiary/aromatic N) is 1. The number of carbonyl (C=O) groups is 2. The molecule has 0 heterocycles. The van der Waals surface area contributed by atoms with Crippen LogP contribution in [-0.2, 0) is 20.4 Å². The van der Waals surface area contributed by atoms with E-state index in [4.69, 9.17) is 25.8 Å². The van der Waals surface area contributed by atoms with E-state index < -0.39 is 39.9 Å². The van der Waals surface area contributed by atoms with E-state index in [-0.39, 0.29) is 29.2 Å². The van der Waals surface area contributed by atoms with E-state index in [0.717, 1.165) is 36.4 Å². The van der Waals surface area contributed by atoms with E-state index in [1.807, 2.05) is 0 Å². The van der Waals surface area contributed by atoms with Gasteiger partial charge in [0.05, 0.1) is 21.6 Å². The fraction of sp³-hybridized carbons (Fsp3) is 0.238. The van der Waals surface area contributed by atoms with Crippen molar-refractivity contribution in [3.63, 3.8) is 0 Å². The SMILES string of the molecule is CC(C)OC(=O)/C=C/COC(=O)c1cc(Oc2ccc(C(F)(F)F)cc2Cl)ccc1[N+](=O)[O-]. The molecule has 2 aromatic carbocycles. The molecular formula is C21H17ClF3NO7. The number of rotatable bonds is 8. The van der Waals surface area contributed by atoms with Crippen LogP contribution in [0.2, 0.25) is 5.02 Å². The monoisotopic (exact) mass is 487 g/mol. The summed E-state index contributed by atoms with van der Waals surface area (Å²) in [5, 5.41) is 10.9. The number of ether oxygens (including phenoxy) is 3. The highest BCUT2D eigenvalue weighted by atomic mass is 35.5. The number of hydrogen-bond acceptors (Lipinski definition) is 7. The molecule has 0 spiro atoms. The van der Waals surface area contributed by atoms with Crippen LogP contribution in [0.15, 0.2) is 48.6 Å². The van der Waals surface area contributed by atoms with Gasteiger partial charge in [0.1, 0.15) is 23.7 Å². The molecule has 2 aromatic rings. The molecule has 0 atom stereocenters. The van der Waals surface area contributed by atoms with E-state index in [1.165, 1.54) is 6.08 Å². The Hall–Kier alpha value is -3.60. The second kappa shape index (κ2) is 10.8. The third-order valence-electron chi connectivity index (χ3n) is 3.79. The zero-order chi connectivity index (χ0) is 24.8. The molecule has 0 saturated heterocycles. The molecule has 0 amide bonds. The Kier molecular flexibility index (Phi) is 8.41. The number of hydrogen-bond donors (Lipinski definition) is 0. The molecule has 0 aromatic heterocycles. The molecule has 12 heteroatoms. The summed E-state index contributed by atoms with van der Waals surface area (Å²) in [6.07, 6.45) is -2.72. The minimum Gasteiger partial charge on any atom is -0.460 e. The fourth-order valence-electron chi connectivity index (χ4n) is 2.41. The molecule has 0 N–H and O–H groups in total. The standard InChI is InChI=1S/C21H17ClF3NO7/c1-12(2)32-19(27)4-3-9-31-20(28)15-11-14(6-7-17(15)26(29)30)33-18-8-5-13(10-16(18)22)21(23,24)25/h3-8,10-12H,9H2,1-2H3/b4-3+. The van der Waals surface area contributed by atoms with Gasteiger partial charge >= 0.3 is 18.1 Å². The number of benzene rings is 2. The Morgan fingerprint density at radius 3 is 2.45 bits per heavy atom. The Balaban J connectivity index is 2.19. The van der Waals surface area contributed by atoms with Gasteiger partial charge < -0.3 is 14.2 Å². The Morgan fingerprint density at radius 1 is 1.18 bits per heavy atom. The van der Waals surface area contributed by atoms with Gasteiger partial charge in [-0.05, 0) is 44.2 Å². The maximum Gasteiger partial charge on any atom is 0.416 e. The molecule has 0 bridgehead atoms. The van der Waals surface area contributed by atoms with Gasteiger partial charge in [-0.1, -0.05) is 11.6 Å². The van der Waals surface area contributed by atoms with Crippen LogP contribution in [0.5, 0.6) is 11.5 Å². The van der Waals surface area contributed by atoms with Gasteiger partial charge in [-0.15, -0.1) is 0 Å². The van der Waals surface area contributed by atoms with E-state index in [2.05, 4.69) is 0 Å². The van der Waals surface area contributed by atoms with Crippen LogP contribution in [0.4, 0.5) is 18.9 Å². The van der Waals surface area contributed by atoms with Crippen LogP contribution in [0.25, 0.3) is 0 Å². The van der Waals surface area contributed by atoms with Crippen molar-refractivity contribution in [3.05, 3.63) is 74.8 Å². The number of alkyl halides is 3. The fourth-order valence-corrected chi connectivity index (χ4v) is 2.62. The summed E-state index contributed by atoms with van der Waals surface area (Å²) < 4.78 is 53.5. The third-order valence-corrected chi connectivity index (χ3v) is 4.08. The van der Waals surface area contributed by atoms with Crippen LogP contribution in [-0.4, -0.2) is 29.6 Å². The van der Waals surface area contributed by atoms with Gasteiger partial charge in [-0.2, -0.15) is 13.2 Å². The Bertz CT molecular complexity index is 1080. The topological polar surface area (TPSA) is 105 Å².